The summed E-state index contributed by atoms with van der Waals surface area (Å²) in [5.74, 6) is 0.786. The van der Waals surface area contributed by atoms with Crippen LogP contribution in [0.1, 0.15) is 12.8 Å². The lowest BCUT2D eigenvalue weighted by Crippen LogP contribution is -2.52. The maximum atomic E-state index is 5.19. The van der Waals surface area contributed by atoms with Crippen LogP contribution in [0.3, 0.4) is 0 Å². The Kier molecular flexibility index (Phi) is 3.83. The van der Waals surface area contributed by atoms with E-state index in [1.165, 1.54) is 25.9 Å². The van der Waals surface area contributed by atoms with Crippen molar-refractivity contribution in [3.63, 3.8) is 0 Å². The normalized spacial score (nSPS) is 27.5. The summed E-state index contributed by atoms with van der Waals surface area (Å²) in [6.45, 7) is 5.30. The SMILES string of the molecule is IOCC1CCN(C2COC2)CC1. The van der Waals surface area contributed by atoms with Crippen LogP contribution in [0.4, 0.5) is 0 Å². The Morgan fingerprint density at radius 2 is 2.00 bits per heavy atom. The zero-order valence-corrected chi connectivity index (χ0v) is 9.90. The van der Waals surface area contributed by atoms with Gasteiger partial charge in [0.15, 0.2) is 0 Å². The second kappa shape index (κ2) is 4.91. The van der Waals surface area contributed by atoms with E-state index >= 15 is 0 Å². The summed E-state index contributed by atoms with van der Waals surface area (Å²) >= 11 is 1.99. The summed E-state index contributed by atoms with van der Waals surface area (Å²) in [5, 5.41) is 0. The van der Waals surface area contributed by atoms with Crippen molar-refractivity contribution in [3.8, 4) is 0 Å². The molecule has 0 aliphatic carbocycles. The van der Waals surface area contributed by atoms with Crippen LogP contribution in [0.2, 0.25) is 0 Å². The van der Waals surface area contributed by atoms with Gasteiger partial charge in [0.25, 0.3) is 0 Å². The fraction of sp³-hybridized carbons (Fsp3) is 1.00. The van der Waals surface area contributed by atoms with Crippen molar-refractivity contribution in [2.45, 2.75) is 18.9 Å². The molecule has 2 fully saturated rings. The number of ether oxygens (including phenoxy) is 1. The zero-order chi connectivity index (χ0) is 9.10. The average molecular weight is 297 g/mol. The van der Waals surface area contributed by atoms with Gasteiger partial charge in [-0.3, -0.25) is 4.90 Å². The van der Waals surface area contributed by atoms with Crippen molar-refractivity contribution >= 4 is 23.0 Å². The molecule has 0 spiro atoms. The third-order valence-corrected chi connectivity index (χ3v) is 3.44. The summed E-state index contributed by atoms with van der Waals surface area (Å²) in [6, 6.07) is 0.724. The quantitative estimate of drug-likeness (QED) is 0.736. The Bertz CT molecular complexity index is 156. The predicted octanol–water partition coefficient (Wildman–Crippen LogP) is 1.46. The van der Waals surface area contributed by atoms with E-state index in [9.17, 15) is 0 Å². The first-order valence-electron chi connectivity index (χ1n) is 4.95. The molecule has 0 radical (unpaired) electrons. The minimum absolute atomic E-state index is 0.724. The summed E-state index contributed by atoms with van der Waals surface area (Å²) in [6.07, 6.45) is 2.58. The summed E-state index contributed by atoms with van der Waals surface area (Å²) in [5.41, 5.74) is 0. The number of rotatable bonds is 3. The summed E-state index contributed by atoms with van der Waals surface area (Å²) < 4.78 is 10.3. The van der Waals surface area contributed by atoms with E-state index in [4.69, 9.17) is 7.80 Å². The van der Waals surface area contributed by atoms with Crippen LogP contribution >= 0.6 is 23.0 Å². The molecule has 13 heavy (non-hydrogen) atoms. The molecule has 0 aromatic heterocycles. The van der Waals surface area contributed by atoms with E-state index in [1.807, 2.05) is 23.0 Å². The smallest absolute Gasteiger partial charge is 0.109 e. The van der Waals surface area contributed by atoms with Crippen LogP contribution in [0.5, 0.6) is 0 Å². The molecule has 2 saturated heterocycles. The van der Waals surface area contributed by atoms with Gasteiger partial charge in [-0.15, -0.1) is 0 Å². The van der Waals surface area contributed by atoms with Gasteiger partial charge in [0.1, 0.15) is 23.0 Å². The molecule has 0 amide bonds. The topological polar surface area (TPSA) is 21.7 Å². The number of hydrogen-bond acceptors (Lipinski definition) is 3. The molecule has 2 heterocycles. The van der Waals surface area contributed by atoms with E-state index in [0.29, 0.717) is 0 Å². The molecule has 2 rings (SSSR count). The minimum atomic E-state index is 0.724. The molecule has 2 aliphatic rings. The Morgan fingerprint density at radius 3 is 2.46 bits per heavy atom. The van der Waals surface area contributed by atoms with Gasteiger partial charge in [-0.1, -0.05) is 0 Å². The summed E-state index contributed by atoms with van der Waals surface area (Å²) in [7, 11) is 0. The first-order chi connectivity index (χ1) is 6.40. The van der Waals surface area contributed by atoms with Crippen LogP contribution < -0.4 is 0 Å². The number of hydrogen-bond donors (Lipinski definition) is 0. The maximum absolute atomic E-state index is 5.19. The number of halogens is 1. The number of nitrogens with zero attached hydrogens (tertiary/aromatic N) is 1. The number of likely N-dealkylation sites (tertiary alicyclic amines) is 1. The Labute approximate surface area is 93.4 Å². The van der Waals surface area contributed by atoms with Gasteiger partial charge in [0.2, 0.25) is 0 Å². The van der Waals surface area contributed by atoms with E-state index in [-0.39, 0.29) is 0 Å². The van der Waals surface area contributed by atoms with Crippen LogP contribution in [-0.2, 0) is 7.80 Å². The van der Waals surface area contributed by atoms with Crippen LogP contribution in [0.25, 0.3) is 0 Å². The fourth-order valence-corrected chi connectivity index (χ4v) is 2.52. The van der Waals surface area contributed by atoms with Crippen molar-refractivity contribution in [3.05, 3.63) is 0 Å². The molecule has 0 unspecified atom stereocenters. The molecule has 2 aliphatic heterocycles. The Morgan fingerprint density at radius 1 is 1.31 bits per heavy atom. The third kappa shape index (κ3) is 2.55. The molecule has 0 N–H and O–H groups in total. The van der Waals surface area contributed by atoms with Crippen LogP contribution in [0, 0.1) is 5.92 Å². The second-order valence-corrected chi connectivity index (χ2v) is 4.57. The van der Waals surface area contributed by atoms with E-state index in [0.717, 1.165) is 31.8 Å². The lowest BCUT2D eigenvalue weighted by Gasteiger charge is -2.41. The molecular weight excluding hydrogens is 281 g/mol. The Balaban J connectivity index is 1.69. The molecule has 0 aromatic rings. The highest BCUT2D eigenvalue weighted by Crippen LogP contribution is 2.22. The van der Waals surface area contributed by atoms with Gasteiger partial charge in [-0.25, -0.2) is 0 Å². The Hall–Kier alpha value is 0.610. The fourth-order valence-electron chi connectivity index (χ4n) is 2.01. The first kappa shape index (κ1) is 10.1. The van der Waals surface area contributed by atoms with Gasteiger partial charge >= 0.3 is 0 Å². The summed E-state index contributed by atoms with van der Waals surface area (Å²) in [4.78, 5) is 2.56. The highest BCUT2D eigenvalue weighted by molar-refractivity contribution is 14.1. The van der Waals surface area contributed by atoms with Gasteiger partial charge in [0, 0.05) is 0 Å². The van der Waals surface area contributed by atoms with E-state index in [1.54, 1.807) is 0 Å². The maximum Gasteiger partial charge on any atom is 0.109 e. The highest BCUT2D eigenvalue weighted by Gasteiger charge is 2.29. The molecule has 0 bridgehead atoms. The average Bonchev–Trinajstić information content (AvgIpc) is 2.06. The van der Waals surface area contributed by atoms with Crippen molar-refractivity contribution in [1.29, 1.82) is 0 Å². The van der Waals surface area contributed by atoms with Crippen molar-refractivity contribution < 1.29 is 7.80 Å². The van der Waals surface area contributed by atoms with Crippen molar-refractivity contribution in [2.24, 2.45) is 5.92 Å². The molecule has 0 aromatic carbocycles. The molecule has 4 heteroatoms. The lowest BCUT2D eigenvalue weighted by molar-refractivity contribution is -0.0746. The molecule has 76 valence electrons. The first-order valence-corrected chi connectivity index (χ1v) is 5.83. The molecule has 3 nitrogen and oxygen atoms in total. The van der Waals surface area contributed by atoms with E-state index in [2.05, 4.69) is 4.90 Å². The molecule has 0 atom stereocenters. The van der Waals surface area contributed by atoms with Crippen LogP contribution in [0.15, 0.2) is 0 Å². The monoisotopic (exact) mass is 297 g/mol. The standard InChI is InChI=1S/C9H16INO2/c10-13-5-8-1-3-11(4-2-8)9-6-12-7-9/h8-9H,1-7H2. The van der Waals surface area contributed by atoms with Gasteiger partial charge in [-0.2, -0.15) is 0 Å². The second-order valence-electron chi connectivity index (χ2n) is 3.95. The molecule has 0 saturated carbocycles. The highest BCUT2D eigenvalue weighted by atomic mass is 127. The lowest BCUT2D eigenvalue weighted by atomic mass is 9.96. The van der Waals surface area contributed by atoms with E-state index < -0.39 is 0 Å². The van der Waals surface area contributed by atoms with Gasteiger partial charge < -0.3 is 7.80 Å². The minimum Gasteiger partial charge on any atom is -0.378 e. The van der Waals surface area contributed by atoms with Gasteiger partial charge in [-0.05, 0) is 31.8 Å². The predicted molar refractivity (Wildman–Crippen MR) is 58.9 cm³/mol. The van der Waals surface area contributed by atoms with Crippen molar-refractivity contribution in [2.75, 3.05) is 32.9 Å². The number of piperidine rings is 1. The van der Waals surface area contributed by atoms with Crippen molar-refractivity contribution in [1.82, 2.24) is 4.90 Å². The van der Waals surface area contributed by atoms with Gasteiger partial charge in [0.05, 0.1) is 25.9 Å². The third-order valence-electron chi connectivity index (χ3n) is 3.08. The largest absolute Gasteiger partial charge is 0.378 e. The van der Waals surface area contributed by atoms with Crippen LogP contribution in [-0.4, -0.2) is 43.9 Å². The zero-order valence-electron chi connectivity index (χ0n) is 7.75. The molecular formula is C9H16INO2.